The van der Waals surface area contributed by atoms with Gasteiger partial charge < -0.3 is 24.2 Å². The van der Waals surface area contributed by atoms with Crippen molar-refractivity contribution in [3.05, 3.63) is 41.5 Å². The van der Waals surface area contributed by atoms with E-state index >= 15 is 0 Å². The van der Waals surface area contributed by atoms with Crippen molar-refractivity contribution in [2.24, 2.45) is 10.2 Å². The van der Waals surface area contributed by atoms with Gasteiger partial charge in [-0.2, -0.15) is 10.2 Å². The SMILES string of the molecule is COc1cc(/N=N/c2cccc3c2CN(C2CCC(=O)NC2=O)C3=O)cc(OC)c1OCC(=O)O. The fraction of sp³-hybridized carbons (Fsp3) is 0.304. The molecule has 4 rings (SSSR count). The summed E-state index contributed by atoms with van der Waals surface area (Å²) in [5, 5.41) is 19.7. The van der Waals surface area contributed by atoms with Crippen molar-refractivity contribution >= 4 is 35.1 Å². The largest absolute Gasteiger partial charge is 0.493 e. The fourth-order valence-corrected chi connectivity index (χ4v) is 3.97. The van der Waals surface area contributed by atoms with E-state index in [9.17, 15) is 19.2 Å². The predicted octanol–water partition coefficient (Wildman–Crippen LogP) is 2.34. The number of hydrogen-bond acceptors (Lipinski definition) is 9. The Kier molecular flexibility index (Phi) is 6.62. The quantitative estimate of drug-likeness (QED) is 0.429. The number of azo groups is 1. The summed E-state index contributed by atoms with van der Waals surface area (Å²) in [6.45, 7) is -0.425. The number of carbonyl (C=O) groups excluding carboxylic acids is 3. The minimum atomic E-state index is -1.16. The molecule has 1 unspecified atom stereocenters. The standard InChI is InChI=1S/C23H22N4O8/c1-33-17-8-12(9-18(34-2)21(17)35-11-20(29)30)25-26-15-5-3-4-13-14(15)10-27(23(13)32)16-6-7-19(28)24-22(16)31/h3-5,8-9,16H,6-7,10-11H2,1-2H3,(H,29,30)(H,24,28,31)/b26-25+. The highest BCUT2D eigenvalue weighted by molar-refractivity contribution is 6.06. The van der Waals surface area contributed by atoms with E-state index in [0.717, 1.165) is 0 Å². The first kappa shape index (κ1) is 23.7. The topological polar surface area (TPSA) is 156 Å². The third kappa shape index (κ3) is 4.76. The number of carboxylic acid groups (broad SMARTS) is 1. The molecule has 2 N–H and O–H groups in total. The Morgan fingerprint density at radius 1 is 1.14 bits per heavy atom. The van der Waals surface area contributed by atoms with Gasteiger partial charge in [-0.25, -0.2) is 4.79 Å². The third-order valence-corrected chi connectivity index (χ3v) is 5.62. The monoisotopic (exact) mass is 482 g/mol. The molecular weight excluding hydrogens is 460 g/mol. The Morgan fingerprint density at radius 2 is 1.86 bits per heavy atom. The second-order valence-corrected chi connectivity index (χ2v) is 7.77. The molecule has 0 spiro atoms. The van der Waals surface area contributed by atoms with Crippen molar-refractivity contribution in [3.8, 4) is 17.2 Å². The van der Waals surface area contributed by atoms with E-state index in [4.69, 9.17) is 19.3 Å². The normalized spacial score (nSPS) is 17.4. The molecule has 0 saturated carbocycles. The van der Waals surface area contributed by atoms with Crippen molar-refractivity contribution in [2.45, 2.75) is 25.4 Å². The van der Waals surface area contributed by atoms with Crippen LogP contribution in [-0.2, 0) is 20.9 Å². The first-order valence-corrected chi connectivity index (χ1v) is 10.6. The van der Waals surface area contributed by atoms with Crippen LogP contribution in [-0.4, -0.2) is 60.6 Å². The Balaban J connectivity index is 1.60. The molecule has 1 fully saturated rings. The molecule has 12 nitrogen and oxygen atoms in total. The molecule has 1 atom stereocenters. The summed E-state index contributed by atoms with van der Waals surface area (Å²) in [6.07, 6.45) is 0.427. The van der Waals surface area contributed by atoms with Crippen molar-refractivity contribution < 1.29 is 38.5 Å². The van der Waals surface area contributed by atoms with Crippen molar-refractivity contribution in [1.29, 1.82) is 0 Å². The average Bonchev–Trinajstić information content (AvgIpc) is 3.17. The molecule has 2 aromatic rings. The summed E-state index contributed by atoms with van der Waals surface area (Å²) in [5.74, 6) is -1.78. The molecule has 0 radical (unpaired) electrons. The summed E-state index contributed by atoms with van der Waals surface area (Å²) in [6, 6.07) is 7.30. The maximum absolute atomic E-state index is 13.0. The third-order valence-electron chi connectivity index (χ3n) is 5.62. The number of hydrogen-bond donors (Lipinski definition) is 2. The number of benzene rings is 2. The highest BCUT2D eigenvalue weighted by Gasteiger charge is 2.39. The zero-order chi connectivity index (χ0) is 25.1. The molecule has 0 aliphatic carbocycles. The number of fused-ring (bicyclic) bond motifs is 1. The lowest BCUT2D eigenvalue weighted by molar-refractivity contribution is -0.139. The van der Waals surface area contributed by atoms with Gasteiger partial charge in [-0.1, -0.05) is 6.07 Å². The zero-order valence-corrected chi connectivity index (χ0v) is 18.9. The highest BCUT2D eigenvalue weighted by atomic mass is 16.5. The van der Waals surface area contributed by atoms with E-state index in [0.29, 0.717) is 22.5 Å². The maximum atomic E-state index is 13.0. The number of nitrogens with zero attached hydrogens (tertiary/aromatic N) is 3. The van der Waals surface area contributed by atoms with E-state index < -0.39 is 24.5 Å². The molecule has 1 saturated heterocycles. The zero-order valence-electron chi connectivity index (χ0n) is 18.9. The van der Waals surface area contributed by atoms with Crippen LogP contribution in [0.4, 0.5) is 11.4 Å². The molecular formula is C23H22N4O8. The van der Waals surface area contributed by atoms with Crippen LogP contribution in [0.2, 0.25) is 0 Å². The predicted molar refractivity (Wildman–Crippen MR) is 119 cm³/mol. The second kappa shape index (κ2) is 9.79. The van der Waals surface area contributed by atoms with E-state index in [1.54, 1.807) is 18.2 Å². The molecule has 2 heterocycles. The van der Waals surface area contributed by atoms with Crippen LogP contribution < -0.4 is 19.5 Å². The van der Waals surface area contributed by atoms with Gasteiger partial charge in [0.05, 0.1) is 25.6 Å². The lowest BCUT2D eigenvalue weighted by Gasteiger charge is -2.29. The van der Waals surface area contributed by atoms with Gasteiger partial charge in [-0.3, -0.25) is 19.7 Å². The van der Waals surface area contributed by atoms with Crippen LogP contribution in [0.3, 0.4) is 0 Å². The van der Waals surface area contributed by atoms with Crippen LogP contribution in [0.1, 0.15) is 28.8 Å². The van der Waals surface area contributed by atoms with Gasteiger partial charge in [0.2, 0.25) is 17.6 Å². The highest BCUT2D eigenvalue weighted by Crippen LogP contribution is 2.42. The number of piperidine rings is 1. The number of rotatable bonds is 8. The molecule has 182 valence electrons. The molecule has 2 aliphatic heterocycles. The van der Waals surface area contributed by atoms with Gasteiger partial charge in [0.25, 0.3) is 5.91 Å². The number of amides is 3. The minimum absolute atomic E-state index is 0.113. The summed E-state index contributed by atoms with van der Waals surface area (Å²) in [4.78, 5) is 49.0. The number of imide groups is 1. The number of carboxylic acids is 1. The smallest absolute Gasteiger partial charge is 0.341 e. The Morgan fingerprint density at radius 3 is 2.49 bits per heavy atom. The van der Waals surface area contributed by atoms with Crippen molar-refractivity contribution in [2.75, 3.05) is 20.8 Å². The lowest BCUT2D eigenvalue weighted by Crippen LogP contribution is -2.52. The Bertz CT molecular complexity index is 1220. The Hall–Kier alpha value is -4.48. The molecule has 12 heteroatoms. The molecule has 2 aliphatic rings. The van der Waals surface area contributed by atoms with Crippen LogP contribution in [0.15, 0.2) is 40.6 Å². The van der Waals surface area contributed by atoms with E-state index in [1.165, 1.54) is 31.3 Å². The van der Waals surface area contributed by atoms with Crippen LogP contribution in [0, 0.1) is 0 Å². The number of carbonyl (C=O) groups is 4. The molecule has 2 aromatic carbocycles. The summed E-state index contributed by atoms with van der Waals surface area (Å²) >= 11 is 0. The molecule has 3 amide bonds. The van der Waals surface area contributed by atoms with Crippen LogP contribution in [0.5, 0.6) is 17.2 Å². The summed E-state index contributed by atoms with van der Waals surface area (Å²) < 4.78 is 15.8. The van der Waals surface area contributed by atoms with Crippen molar-refractivity contribution in [1.82, 2.24) is 10.2 Å². The molecule has 0 bridgehead atoms. The Labute approximate surface area is 199 Å². The summed E-state index contributed by atoms with van der Waals surface area (Å²) in [5.41, 5.74) is 1.81. The average molecular weight is 482 g/mol. The van der Waals surface area contributed by atoms with Gasteiger partial charge in [-0.05, 0) is 18.6 Å². The van der Waals surface area contributed by atoms with E-state index in [-0.39, 0.29) is 48.4 Å². The first-order valence-electron chi connectivity index (χ1n) is 10.6. The van der Waals surface area contributed by atoms with Gasteiger partial charge in [0.15, 0.2) is 18.1 Å². The van der Waals surface area contributed by atoms with E-state index in [2.05, 4.69) is 15.5 Å². The summed E-state index contributed by atoms with van der Waals surface area (Å²) in [7, 11) is 2.78. The lowest BCUT2D eigenvalue weighted by atomic mass is 10.0. The molecule has 35 heavy (non-hydrogen) atoms. The van der Waals surface area contributed by atoms with Crippen molar-refractivity contribution in [3.63, 3.8) is 0 Å². The number of ether oxygens (including phenoxy) is 3. The fourth-order valence-electron chi connectivity index (χ4n) is 3.97. The molecule has 0 aromatic heterocycles. The van der Waals surface area contributed by atoms with E-state index in [1.807, 2.05) is 0 Å². The number of methoxy groups -OCH3 is 2. The number of aliphatic carboxylic acids is 1. The number of nitrogens with one attached hydrogen (secondary N) is 1. The first-order chi connectivity index (χ1) is 16.8. The maximum Gasteiger partial charge on any atom is 0.341 e. The minimum Gasteiger partial charge on any atom is -0.493 e. The van der Waals surface area contributed by atoms with Gasteiger partial charge in [-0.15, -0.1) is 0 Å². The van der Waals surface area contributed by atoms with Crippen LogP contribution in [0.25, 0.3) is 0 Å². The van der Waals surface area contributed by atoms with Gasteiger partial charge in [0, 0.05) is 36.2 Å². The van der Waals surface area contributed by atoms with Gasteiger partial charge >= 0.3 is 5.97 Å². The van der Waals surface area contributed by atoms with Gasteiger partial charge in [0.1, 0.15) is 6.04 Å². The second-order valence-electron chi connectivity index (χ2n) is 7.77. The van der Waals surface area contributed by atoms with Crippen LogP contribution >= 0.6 is 0 Å².